The Bertz CT molecular complexity index is 402. The minimum Gasteiger partial charge on any atom is -0.469 e. The van der Waals surface area contributed by atoms with Crippen molar-refractivity contribution >= 4 is 35.9 Å². The van der Waals surface area contributed by atoms with Crippen molar-refractivity contribution in [2.45, 2.75) is 46.6 Å². The molecular weight excluding hydrogens is 421 g/mol. The number of hydrogen-bond acceptors (Lipinski definition) is 4. The Balaban J connectivity index is 0.00000529. The first-order valence-electron chi connectivity index (χ1n) is 8.47. The van der Waals surface area contributed by atoms with Crippen LogP contribution >= 0.6 is 24.0 Å². The number of nitrogens with one attached hydrogen (secondary N) is 1. The number of likely N-dealkylation sites (tertiary alicyclic amines) is 1. The number of halogens is 1. The summed E-state index contributed by atoms with van der Waals surface area (Å²) in [5, 5.41) is 3.35. The molecular formula is C17H34IN3O3. The van der Waals surface area contributed by atoms with Crippen LogP contribution in [0.2, 0.25) is 0 Å². The SMILES string of the molecule is CCNC(=NCC(OC)C(C)(C)C)N1CCC(C(=O)OC)CC1.I. The fourth-order valence-corrected chi connectivity index (χ4v) is 2.79. The summed E-state index contributed by atoms with van der Waals surface area (Å²) in [5.74, 6) is 0.821. The van der Waals surface area contributed by atoms with E-state index in [1.165, 1.54) is 7.11 Å². The molecule has 1 fully saturated rings. The van der Waals surface area contributed by atoms with Gasteiger partial charge < -0.3 is 19.7 Å². The summed E-state index contributed by atoms with van der Waals surface area (Å²) in [7, 11) is 3.19. The predicted octanol–water partition coefficient (Wildman–Crippen LogP) is 2.52. The smallest absolute Gasteiger partial charge is 0.308 e. The first-order chi connectivity index (χ1) is 10.8. The average molecular weight is 455 g/mol. The summed E-state index contributed by atoms with van der Waals surface area (Å²) in [6.45, 7) is 11.6. The number of aliphatic imine (C=N–C) groups is 1. The van der Waals surface area contributed by atoms with E-state index in [-0.39, 0.29) is 47.4 Å². The van der Waals surface area contributed by atoms with Gasteiger partial charge in [0, 0.05) is 26.7 Å². The molecule has 1 aliphatic rings. The summed E-state index contributed by atoms with van der Waals surface area (Å²) < 4.78 is 10.4. The zero-order valence-corrected chi connectivity index (χ0v) is 18.3. The number of ether oxygens (including phenoxy) is 2. The number of carbonyl (C=O) groups excluding carboxylic acids is 1. The molecule has 7 heteroatoms. The molecule has 6 nitrogen and oxygen atoms in total. The van der Waals surface area contributed by atoms with Gasteiger partial charge in [-0.3, -0.25) is 9.79 Å². The minimum atomic E-state index is -0.0984. The lowest BCUT2D eigenvalue weighted by Gasteiger charge is -2.34. The lowest BCUT2D eigenvalue weighted by molar-refractivity contribution is -0.146. The maximum atomic E-state index is 11.6. The number of guanidine groups is 1. The Morgan fingerprint density at radius 2 is 1.88 bits per heavy atom. The largest absolute Gasteiger partial charge is 0.469 e. The highest BCUT2D eigenvalue weighted by atomic mass is 127. The maximum absolute atomic E-state index is 11.6. The second kappa shape index (κ2) is 11.1. The predicted molar refractivity (Wildman–Crippen MR) is 108 cm³/mol. The van der Waals surface area contributed by atoms with Gasteiger partial charge >= 0.3 is 5.97 Å². The monoisotopic (exact) mass is 455 g/mol. The van der Waals surface area contributed by atoms with Crippen molar-refractivity contribution in [3.05, 3.63) is 0 Å². The van der Waals surface area contributed by atoms with Gasteiger partial charge in [0.05, 0.1) is 25.7 Å². The molecule has 0 aliphatic carbocycles. The standard InChI is InChI=1S/C17H33N3O3.HI/c1-7-18-16(19-12-14(22-5)17(2,3)4)20-10-8-13(9-11-20)15(21)23-6;/h13-14H,7-12H2,1-6H3,(H,18,19);1H. The Hall–Kier alpha value is -0.570. The summed E-state index contributed by atoms with van der Waals surface area (Å²) in [4.78, 5) is 18.6. The first-order valence-corrected chi connectivity index (χ1v) is 8.47. The van der Waals surface area contributed by atoms with Gasteiger partial charge in [0.25, 0.3) is 0 Å². The second-order valence-corrected chi connectivity index (χ2v) is 7.07. The van der Waals surface area contributed by atoms with E-state index in [0.29, 0.717) is 6.54 Å². The molecule has 1 atom stereocenters. The van der Waals surface area contributed by atoms with Gasteiger partial charge in [-0.05, 0) is 25.2 Å². The molecule has 0 amide bonds. The number of hydrogen-bond donors (Lipinski definition) is 1. The van der Waals surface area contributed by atoms with E-state index in [1.807, 2.05) is 0 Å². The van der Waals surface area contributed by atoms with Gasteiger partial charge in [0.15, 0.2) is 5.96 Å². The molecule has 0 aromatic heterocycles. The van der Waals surface area contributed by atoms with Crippen molar-refractivity contribution in [3.8, 4) is 0 Å². The number of esters is 1. The Morgan fingerprint density at radius 3 is 2.29 bits per heavy atom. The second-order valence-electron chi connectivity index (χ2n) is 7.07. The first kappa shape index (κ1) is 23.4. The normalized spacial score (nSPS) is 17.9. The van der Waals surface area contributed by atoms with Crippen molar-refractivity contribution < 1.29 is 14.3 Å². The molecule has 24 heavy (non-hydrogen) atoms. The third kappa shape index (κ3) is 7.13. The molecule has 0 bridgehead atoms. The molecule has 0 radical (unpaired) electrons. The molecule has 1 rings (SSSR count). The summed E-state index contributed by atoms with van der Waals surface area (Å²) >= 11 is 0. The van der Waals surface area contributed by atoms with E-state index in [2.05, 4.69) is 37.9 Å². The molecule has 1 saturated heterocycles. The number of piperidine rings is 1. The lowest BCUT2D eigenvalue weighted by Crippen LogP contribution is -2.47. The highest BCUT2D eigenvalue weighted by Gasteiger charge is 2.28. The zero-order valence-electron chi connectivity index (χ0n) is 15.9. The van der Waals surface area contributed by atoms with Gasteiger partial charge in [-0.1, -0.05) is 20.8 Å². The highest BCUT2D eigenvalue weighted by molar-refractivity contribution is 14.0. The topological polar surface area (TPSA) is 63.2 Å². The van der Waals surface area contributed by atoms with Crippen LogP contribution < -0.4 is 5.32 Å². The van der Waals surface area contributed by atoms with E-state index in [9.17, 15) is 4.79 Å². The quantitative estimate of drug-likeness (QED) is 0.299. The number of nitrogens with zero attached hydrogens (tertiary/aromatic N) is 2. The Labute approximate surface area is 163 Å². The van der Waals surface area contributed by atoms with Gasteiger partial charge in [-0.25, -0.2) is 0 Å². The molecule has 142 valence electrons. The van der Waals surface area contributed by atoms with Crippen LogP contribution in [0.1, 0.15) is 40.5 Å². The van der Waals surface area contributed by atoms with E-state index in [1.54, 1.807) is 7.11 Å². The van der Waals surface area contributed by atoms with Crippen LogP contribution in [0.3, 0.4) is 0 Å². The van der Waals surface area contributed by atoms with Gasteiger partial charge in [-0.2, -0.15) is 0 Å². The van der Waals surface area contributed by atoms with Crippen LogP contribution in [0.25, 0.3) is 0 Å². The lowest BCUT2D eigenvalue weighted by atomic mass is 9.89. The van der Waals surface area contributed by atoms with Gasteiger partial charge in [0.1, 0.15) is 0 Å². The number of carbonyl (C=O) groups is 1. The summed E-state index contributed by atoms with van der Waals surface area (Å²) in [6.07, 6.45) is 1.69. The van der Waals surface area contributed by atoms with Gasteiger partial charge in [0.2, 0.25) is 0 Å². The molecule has 0 aromatic rings. The maximum Gasteiger partial charge on any atom is 0.308 e. The molecule has 1 unspecified atom stereocenters. The van der Waals surface area contributed by atoms with E-state index >= 15 is 0 Å². The molecule has 0 aromatic carbocycles. The van der Waals surface area contributed by atoms with Crippen LogP contribution in [-0.4, -0.2) is 63.3 Å². The van der Waals surface area contributed by atoms with E-state index in [0.717, 1.165) is 38.4 Å². The van der Waals surface area contributed by atoms with Crippen LogP contribution in [0, 0.1) is 11.3 Å². The number of rotatable bonds is 5. The van der Waals surface area contributed by atoms with Crippen LogP contribution in [0.15, 0.2) is 4.99 Å². The molecule has 1 N–H and O–H groups in total. The molecule has 1 aliphatic heterocycles. The third-order valence-electron chi connectivity index (χ3n) is 4.32. The molecule has 1 heterocycles. The fraction of sp³-hybridized carbons (Fsp3) is 0.882. The van der Waals surface area contributed by atoms with Crippen molar-refractivity contribution in [2.75, 3.05) is 40.4 Å². The molecule has 0 spiro atoms. The third-order valence-corrected chi connectivity index (χ3v) is 4.32. The van der Waals surface area contributed by atoms with Crippen LogP contribution in [-0.2, 0) is 14.3 Å². The van der Waals surface area contributed by atoms with Crippen LogP contribution in [0.4, 0.5) is 0 Å². The Kier molecular flexibility index (Phi) is 10.9. The summed E-state index contributed by atoms with van der Waals surface area (Å²) in [6, 6.07) is 0. The van der Waals surface area contributed by atoms with E-state index < -0.39 is 0 Å². The average Bonchev–Trinajstić information content (AvgIpc) is 2.52. The fourth-order valence-electron chi connectivity index (χ4n) is 2.79. The van der Waals surface area contributed by atoms with Crippen LogP contribution in [0.5, 0.6) is 0 Å². The van der Waals surface area contributed by atoms with E-state index in [4.69, 9.17) is 14.5 Å². The molecule has 0 saturated carbocycles. The highest BCUT2D eigenvalue weighted by Crippen LogP contribution is 2.22. The zero-order chi connectivity index (χ0) is 17.5. The minimum absolute atomic E-state index is 0. The van der Waals surface area contributed by atoms with Crippen molar-refractivity contribution in [3.63, 3.8) is 0 Å². The summed E-state index contributed by atoms with van der Waals surface area (Å²) in [5.41, 5.74) is 0.0491. The Morgan fingerprint density at radius 1 is 1.29 bits per heavy atom. The van der Waals surface area contributed by atoms with Crippen molar-refractivity contribution in [1.29, 1.82) is 0 Å². The van der Waals surface area contributed by atoms with Gasteiger partial charge in [-0.15, -0.1) is 24.0 Å². The van der Waals surface area contributed by atoms with Crippen molar-refractivity contribution in [1.82, 2.24) is 10.2 Å². The van der Waals surface area contributed by atoms with Crippen molar-refractivity contribution in [2.24, 2.45) is 16.3 Å². The number of methoxy groups -OCH3 is 2.